The van der Waals surface area contributed by atoms with E-state index < -0.39 is 8.32 Å². The first kappa shape index (κ1) is 21.1. The highest BCUT2D eigenvalue weighted by atomic mass is 28.4. The molecule has 0 aliphatic carbocycles. The van der Waals surface area contributed by atoms with E-state index in [4.69, 9.17) is 9.53 Å². The summed E-state index contributed by atoms with van der Waals surface area (Å²) >= 11 is 0. The molecular formula is C18H40O2Si. The van der Waals surface area contributed by atoms with Crippen LogP contribution in [0.25, 0.3) is 0 Å². The summed E-state index contributed by atoms with van der Waals surface area (Å²) in [6.45, 7) is 15.0. The number of unbranched alkanes of at least 4 members (excludes halogenated alkanes) is 6. The van der Waals surface area contributed by atoms with E-state index in [2.05, 4.69) is 40.8 Å². The van der Waals surface area contributed by atoms with Crippen molar-refractivity contribution in [1.29, 1.82) is 0 Å². The normalized spacial score (nSPS) is 14.4. The summed E-state index contributed by atoms with van der Waals surface area (Å²) in [5.74, 6) is 0.484. The Labute approximate surface area is 134 Å². The first-order valence-electron chi connectivity index (χ1n) is 8.95. The minimum atomic E-state index is -1.53. The van der Waals surface area contributed by atoms with Crippen molar-refractivity contribution in [3.8, 4) is 0 Å². The first-order valence-corrected chi connectivity index (χ1v) is 11.9. The molecule has 1 atom stereocenters. The number of aliphatic hydroxyl groups excluding tert-OH is 1. The van der Waals surface area contributed by atoms with Gasteiger partial charge in [-0.25, -0.2) is 0 Å². The summed E-state index contributed by atoms with van der Waals surface area (Å²) < 4.78 is 6.19. The Morgan fingerprint density at radius 2 is 1.38 bits per heavy atom. The zero-order chi connectivity index (χ0) is 16.4. The molecule has 0 heterocycles. The molecule has 0 radical (unpaired) electrons. The topological polar surface area (TPSA) is 29.5 Å². The van der Waals surface area contributed by atoms with E-state index >= 15 is 0 Å². The third-order valence-electron chi connectivity index (χ3n) is 4.92. The molecule has 1 unspecified atom stereocenters. The molecule has 0 fully saturated rings. The van der Waals surface area contributed by atoms with Gasteiger partial charge in [0.1, 0.15) is 0 Å². The van der Waals surface area contributed by atoms with Gasteiger partial charge in [0.15, 0.2) is 8.32 Å². The van der Waals surface area contributed by atoms with Crippen LogP contribution in [-0.2, 0) is 4.43 Å². The van der Waals surface area contributed by atoms with Crippen molar-refractivity contribution in [1.82, 2.24) is 0 Å². The van der Waals surface area contributed by atoms with E-state index in [1.807, 2.05) is 0 Å². The molecule has 3 heteroatoms. The van der Waals surface area contributed by atoms with Crippen LogP contribution in [0.5, 0.6) is 0 Å². The Hall–Kier alpha value is 0.137. The molecule has 128 valence electrons. The molecule has 0 amide bonds. The van der Waals surface area contributed by atoms with Gasteiger partial charge in [-0.15, -0.1) is 0 Å². The smallest absolute Gasteiger partial charge is 0.191 e. The Morgan fingerprint density at radius 3 is 1.86 bits per heavy atom. The lowest BCUT2D eigenvalue weighted by atomic mass is 10.0. The van der Waals surface area contributed by atoms with Gasteiger partial charge < -0.3 is 9.53 Å². The summed E-state index contributed by atoms with van der Waals surface area (Å²) in [5, 5.41) is 9.29. The van der Waals surface area contributed by atoms with Crippen molar-refractivity contribution < 1.29 is 9.53 Å². The molecule has 0 saturated carbocycles. The van der Waals surface area contributed by atoms with Crippen molar-refractivity contribution in [2.24, 2.45) is 5.92 Å². The fourth-order valence-electron chi connectivity index (χ4n) is 2.11. The number of hydrogen-bond acceptors (Lipinski definition) is 2. The van der Waals surface area contributed by atoms with Crippen LogP contribution in [0.3, 0.4) is 0 Å². The monoisotopic (exact) mass is 316 g/mol. The van der Waals surface area contributed by atoms with E-state index in [1.165, 1.54) is 51.4 Å². The van der Waals surface area contributed by atoms with E-state index in [0.717, 1.165) is 6.61 Å². The summed E-state index contributed by atoms with van der Waals surface area (Å²) in [4.78, 5) is 0. The van der Waals surface area contributed by atoms with Crippen LogP contribution in [0.2, 0.25) is 18.1 Å². The zero-order valence-electron chi connectivity index (χ0n) is 15.5. The minimum absolute atomic E-state index is 0.332. The van der Waals surface area contributed by atoms with E-state index in [1.54, 1.807) is 0 Å². The second-order valence-electron chi connectivity index (χ2n) is 8.16. The number of aliphatic hydroxyl groups is 1. The van der Waals surface area contributed by atoms with Gasteiger partial charge >= 0.3 is 0 Å². The predicted molar refractivity (Wildman–Crippen MR) is 96.3 cm³/mol. The van der Waals surface area contributed by atoms with Crippen molar-refractivity contribution in [2.45, 2.75) is 97.2 Å². The molecular weight excluding hydrogens is 276 g/mol. The lowest BCUT2D eigenvalue weighted by Gasteiger charge is -2.36. The van der Waals surface area contributed by atoms with Crippen LogP contribution in [-0.4, -0.2) is 26.6 Å². The van der Waals surface area contributed by atoms with Gasteiger partial charge in [-0.05, 0) is 36.9 Å². The average molecular weight is 317 g/mol. The summed E-state index contributed by atoms with van der Waals surface area (Å²) in [5.41, 5.74) is 0. The van der Waals surface area contributed by atoms with Crippen LogP contribution in [0.4, 0.5) is 0 Å². The number of rotatable bonds is 12. The lowest BCUT2D eigenvalue weighted by Crippen LogP contribution is -2.40. The van der Waals surface area contributed by atoms with Gasteiger partial charge in [-0.2, -0.15) is 0 Å². The van der Waals surface area contributed by atoms with Crippen LogP contribution in [0, 0.1) is 5.92 Å². The summed E-state index contributed by atoms with van der Waals surface area (Å²) in [7, 11) is -1.53. The third kappa shape index (κ3) is 10.5. The molecule has 0 aliphatic heterocycles. The average Bonchev–Trinajstić information content (AvgIpc) is 2.39. The fraction of sp³-hybridized carbons (Fsp3) is 1.00. The molecule has 21 heavy (non-hydrogen) atoms. The van der Waals surface area contributed by atoms with Crippen molar-refractivity contribution in [3.63, 3.8) is 0 Å². The maximum atomic E-state index is 8.96. The van der Waals surface area contributed by atoms with E-state index in [9.17, 15) is 0 Å². The Balaban J connectivity index is 3.38. The molecule has 0 aliphatic rings. The lowest BCUT2D eigenvalue weighted by molar-refractivity contribution is 0.227. The molecule has 0 aromatic heterocycles. The van der Waals surface area contributed by atoms with Gasteiger partial charge in [0.05, 0.1) is 0 Å². The first-order chi connectivity index (χ1) is 9.70. The molecule has 0 spiro atoms. The highest BCUT2D eigenvalue weighted by Crippen LogP contribution is 2.36. The van der Waals surface area contributed by atoms with Gasteiger partial charge in [-0.3, -0.25) is 0 Å². The molecule has 0 aromatic rings. The van der Waals surface area contributed by atoms with Gasteiger partial charge in [-0.1, -0.05) is 66.2 Å². The predicted octanol–water partition coefficient (Wildman–Crippen LogP) is 5.76. The Bertz CT molecular complexity index is 246. The van der Waals surface area contributed by atoms with Crippen LogP contribution >= 0.6 is 0 Å². The zero-order valence-corrected chi connectivity index (χ0v) is 16.5. The highest BCUT2D eigenvalue weighted by molar-refractivity contribution is 6.74. The Morgan fingerprint density at radius 1 is 0.905 bits per heavy atom. The summed E-state index contributed by atoms with van der Waals surface area (Å²) in [6, 6.07) is 0. The fourth-order valence-corrected chi connectivity index (χ4v) is 3.20. The van der Waals surface area contributed by atoms with E-state index in [-0.39, 0.29) is 0 Å². The van der Waals surface area contributed by atoms with Crippen molar-refractivity contribution in [2.75, 3.05) is 13.2 Å². The highest BCUT2D eigenvalue weighted by Gasteiger charge is 2.36. The SMILES string of the molecule is CC(CO)CCCCCCCCCO[Si](C)(C)C(C)(C)C. The maximum absolute atomic E-state index is 8.96. The van der Waals surface area contributed by atoms with Gasteiger partial charge in [0.25, 0.3) is 0 Å². The van der Waals surface area contributed by atoms with Crippen LogP contribution in [0.1, 0.15) is 79.1 Å². The quantitative estimate of drug-likeness (QED) is 0.366. The molecule has 0 aromatic carbocycles. The standard InChI is InChI=1S/C18H40O2Si/c1-17(16-19)14-12-10-8-7-9-11-13-15-20-21(5,6)18(2,3)4/h17,19H,7-16H2,1-6H3. The third-order valence-corrected chi connectivity index (χ3v) is 9.46. The second kappa shape index (κ2) is 10.8. The van der Waals surface area contributed by atoms with Gasteiger partial charge in [0.2, 0.25) is 0 Å². The van der Waals surface area contributed by atoms with Crippen molar-refractivity contribution in [3.05, 3.63) is 0 Å². The minimum Gasteiger partial charge on any atom is -0.417 e. The van der Waals surface area contributed by atoms with Crippen molar-refractivity contribution >= 4 is 8.32 Å². The molecule has 2 nitrogen and oxygen atoms in total. The van der Waals surface area contributed by atoms with Crippen LogP contribution in [0.15, 0.2) is 0 Å². The molecule has 0 saturated heterocycles. The largest absolute Gasteiger partial charge is 0.417 e. The second-order valence-corrected chi connectivity index (χ2v) is 13.0. The van der Waals surface area contributed by atoms with Gasteiger partial charge in [0, 0.05) is 13.2 Å². The Kier molecular flexibility index (Phi) is 10.9. The molecule has 0 rings (SSSR count). The summed E-state index contributed by atoms with van der Waals surface area (Å²) in [6.07, 6.45) is 10.3. The van der Waals surface area contributed by atoms with Crippen LogP contribution < -0.4 is 0 Å². The molecule has 0 bridgehead atoms. The molecule has 1 N–H and O–H groups in total. The maximum Gasteiger partial charge on any atom is 0.191 e. The number of hydrogen-bond donors (Lipinski definition) is 1. The van der Waals surface area contributed by atoms with E-state index in [0.29, 0.717) is 17.6 Å².